The van der Waals surface area contributed by atoms with E-state index < -0.39 is 0 Å². The fraction of sp³-hybridized carbons (Fsp3) is 0. The summed E-state index contributed by atoms with van der Waals surface area (Å²) in [6.45, 7) is 0. The molecule has 0 saturated heterocycles. The first-order chi connectivity index (χ1) is 31.7. The Balaban J connectivity index is 1.03. The van der Waals surface area contributed by atoms with Gasteiger partial charge in [-0.05, 0) is 66.7 Å². The lowest BCUT2D eigenvalue weighted by Gasteiger charge is -2.12. The number of hydrogen-bond donors (Lipinski definition) is 0. The van der Waals surface area contributed by atoms with E-state index in [-0.39, 0.29) is 0 Å². The Hall–Kier alpha value is -8.81. The predicted octanol–water partition coefficient (Wildman–Crippen LogP) is 14.4. The molecule has 14 aromatic rings. The lowest BCUT2D eigenvalue weighted by Crippen LogP contribution is -2.06. The van der Waals surface area contributed by atoms with Gasteiger partial charge in [-0.2, -0.15) is 9.97 Å². The van der Waals surface area contributed by atoms with Gasteiger partial charge in [0.25, 0.3) is 0 Å². The standard InChI is InChI=1S/C57H34N6O/c1-3-15-35(16-4-1)55-58-56(36-17-5-2-6-18-36)60-57(59-55)63-48-25-13-9-21-41(48)42-29-30-50-53(54(42)63)43-22-10-14-26-49(43)62(50)38-28-32-52-45(34-38)44-33-37(27-31-51(44)64-52)61-46-23-11-7-19-39(46)40-20-8-12-24-47(40)61/h1-34H. The molecule has 7 heteroatoms. The van der Waals surface area contributed by atoms with Gasteiger partial charge in [0.15, 0.2) is 11.6 Å². The molecule has 0 aliphatic carbocycles. The number of rotatable bonds is 5. The van der Waals surface area contributed by atoms with Crippen molar-refractivity contribution >= 4 is 87.4 Å². The van der Waals surface area contributed by atoms with Crippen LogP contribution in [-0.2, 0) is 0 Å². The van der Waals surface area contributed by atoms with Crippen LogP contribution in [0.4, 0.5) is 0 Å². The van der Waals surface area contributed by atoms with Crippen molar-refractivity contribution in [1.29, 1.82) is 0 Å². The molecular weight excluding hydrogens is 785 g/mol. The largest absolute Gasteiger partial charge is 0.456 e. The van der Waals surface area contributed by atoms with E-state index in [2.05, 4.69) is 184 Å². The molecule has 0 saturated carbocycles. The van der Waals surface area contributed by atoms with Crippen molar-refractivity contribution < 1.29 is 4.42 Å². The second-order valence-electron chi connectivity index (χ2n) is 16.4. The van der Waals surface area contributed by atoms with Crippen LogP contribution in [0.15, 0.2) is 211 Å². The summed E-state index contributed by atoms with van der Waals surface area (Å²) in [5.74, 6) is 1.80. The Kier molecular flexibility index (Phi) is 7.27. The molecule has 5 heterocycles. The number of furan rings is 1. The maximum absolute atomic E-state index is 6.55. The van der Waals surface area contributed by atoms with Crippen LogP contribution in [0.25, 0.3) is 127 Å². The van der Waals surface area contributed by atoms with Gasteiger partial charge < -0.3 is 13.6 Å². The van der Waals surface area contributed by atoms with Crippen LogP contribution in [0.1, 0.15) is 0 Å². The van der Waals surface area contributed by atoms with E-state index >= 15 is 0 Å². The molecule has 0 radical (unpaired) electrons. The highest BCUT2D eigenvalue weighted by molar-refractivity contribution is 6.26. The normalized spacial score (nSPS) is 12.1. The fourth-order valence-electron chi connectivity index (χ4n) is 10.1. The molecule has 0 fully saturated rings. The Morgan fingerprint density at radius 3 is 1.30 bits per heavy atom. The average Bonchev–Trinajstić information content (AvgIpc) is 4.10. The monoisotopic (exact) mass is 818 g/mol. The third-order valence-electron chi connectivity index (χ3n) is 12.9. The van der Waals surface area contributed by atoms with E-state index in [4.69, 9.17) is 19.4 Å². The highest BCUT2D eigenvalue weighted by atomic mass is 16.3. The summed E-state index contributed by atoms with van der Waals surface area (Å²) in [5, 5.41) is 9.12. The summed E-state index contributed by atoms with van der Waals surface area (Å²) < 4.78 is 13.5. The van der Waals surface area contributed by atoms with Gasteiger partial charge in [-0.3, -0.25) is 4.57 Å². The molecule has 0 N–H and O–H groups in total. The smallest absolute Gasteiger partial charge is 0.238 e. The number of hydrogen-bond acceptors (Lipinski definition) is 4. The second-order valence-corrected chi connectivity index (χ2v) is 16.4. The van der Waals surface area contributed by atoms with Crippen molar-refractivity contribution in [3.63, 3.8) is 0 Å². The first kappa shape index (κ1) is 34.9. The third kappa shape index (κ3) is 5.00. The lowest BCUT2D eigenvalue weighted by atomic mass is 10.1. The zero-order valence-corrected chi connectivity index (χ0v) is 34.2. The van der Waals surface area contributed by atoms with Crippen LogP contribution >= 0.6 is 0 Å². The zero-order valence-electron chi connectivity index (χ0n) is 34.2. The van der Waals surface area contributed by atoms with Crippen LogP contribution in [0.5, 0.6) is 0 Å². The maximum atomic E-state index is 6.55. The minimum Gasteiger partial charge on any atom is -0.456 e. The Morgan fingerprint density at radius 2 is 0.750 bits per heavy atom. The molecule has 5 aromatic heterocycles. The highest BCUT2D eigenvalue weighted by Gasteiger charge is 2.24. The Bertz CT molecular complexity index is 4080. The van der Waals surface area contributed by atoms with Crippen molar-refractivity contribution in [3.8, 4) is 40.1 Å². The van der Waals surface area contributed by atoms with E-state index in [0.29, 0.717) is 17.6 Å². The molecule has 0 aliphatic rings. The van der Waals surface area contributed by atoms with Gasteiger partial charge in [-0.25, -0.2) is 4.98 Å². The van der Waals surface area contributed by atoms with Crippen molar-refractivity contribution in [2.24, 2.45) is 0 Å². The molecule has 0 aliphatic heterocycles. The third-order valence-corrected chi connectivity index (χ3v) is 12.9. The Labute approximate surface area is 365 Å². The SMILES string of the molecule is c1ccc(-c2nc(-c3ccccc3)nc(-n3c4ccccc4c4ccc5c(c6ccccc6n5-c5ccc6oc7ccc(-n8c9ccccc9c9ccccc98)cc7c6c5)c43)n2)cc1. The number of benzene rings is 9. The molecule has 298 valence electrons. The number of fused-ring (bicyclic) bond motifs is 13. The Morgan fingerprint density at radius 1 is 0.312 bits per heavy atom. The van der Waals surface area contributed by atoms with Gasteiger partial charge >= 0.3 is 0 Å². The quantitative estimate of drug-likeness (QED) is 0.173. The molecule has 9 aromatic carbocycles. The van der Waals surface area contributed by atoms with Crippen LogP contribution in [0.2, 0.25) is 0 Å². The van der Waals surface area contributed by atoms with Crippen LogP contribution in [-0.4, -0.2) is 28.7 Å². The predicted molar refractivity (Wildman–Crippen MR) is 261 cm³/mol. The maximum Gasteiger partial charge on any atom is 0.238 e. The number of aromatic nitrogens is 6. The second kappa shape index (κ2) is 13.3. The summed E-state index contributed by atoms with van der Waals surface area (Å²) in [7, 11) is 0. The number of nitrogens with zero attached hydrogens (tertiary/aromatic N) is 6. The van der Waals surface area contributed by atoms with E-state index in [0.717, 1.165) is 88.1 Å². The van der Waals surface area contributed by atoms with Crippen molar-refractivity contribution in [1.82, 2.24) is 28.7 Å². The minimum atomic E-state index is 0.563. The topological polar surface area (TPSA) is 66.6 Å². The molecule has 0 unspecified atom stereocenters. The summed E-state index contributed by atoms with van der Waals surface area (Å²) >= 11 is 0. The summed E-state index contributed by atoms with van der Waals surface area (Å²) in [4.78, 5) is 15.6. The number of para-hydroxylation sites is 4. The molecule has 0 amide bonds. The molecule has 64 heavy (non-hydrogen) atoms. The van der Waals surface area contributed by atoms with Crippen LogP contribution in [0, 0.1) is 0 Å². The minimum absolute atomic E-state index is 0.563. The highest BCUT2D eigenvalue weighted by Crippen LogP contribution is 2.43. The van der Waals surface area contributed by atoms with Gasteiger partial charge in [-0.1, -0.05) is 140 Å². The first-order valence-corrected chi connectivity index (χ1v) is 21.5. The summed E-state index contributed by atoms with van der Waals surface area (Å²) in [6, 6.07) is 72.5. The van der Waals surface area contributed by atoms with Gasteiger partial charge in [0.05, 0.1) is 33.1 Å². The van der Waals surface area contributed by atoms with Crippen molar-refractivity contribution in [2.45, 2.75) is 0 Å². The summed E-state index contributed by atoms with van der Waals surface area (Å²) in [5.41, 5.74) is 12.3. The lowest BCUT2D eigenvalue weighted by molar-refractivity contribution is 0.669. The fourth-order valence-corrected chi connectivity index (χ4v) is 10.1. The van der Waals surface area contributed by atoms with Gasteiger partial charge in [0.1, 0.15) is 11.2 Å². The first-order valence-electron chi connectivity index (χ1n) is 21.5. The van der Waals surface area contributed by atoms with Crippen molar-refractivity contribution in [2.75, 3.05) is 0 Å². The van der Waals surface area contributed by atoms with Crippen molar-refractivity contribution in [3.05, 3.63) is 206 Å². The molecule has 7 nitrogen and oxygen atoms in total. The van der Waals surface area contributed by atoms with Crippen LogP contribution < -0.4 is 0 Å². The molecule has 14 rings (SSSR count). The summed E-state index contributed by atoms with van der Waals surface area (Å²) in [6.07, 6.45) is 0. The van der Waals surface area contributed by atoms with Gasteiger partial charge in [-0.15, -0.1) is 0 Å². The zero-order chi connectivity index (χ0) is 41.9. The molecule has 0 bridgehead atoms. The van der Waals surface area contributed by atoms with E-state index in [1.165, 1.54) is 21.8 Å². The molecule has 0 atom stereocenters. The van der Waals surface area contributed by atoms with Gasteiger partial charge in [0.2, 0.25) is 5.95 Å². The van der Waals surface area contributed by atoms with Crippen LogP contribution in [0.3, 0.4) is 0 Å². The van der Waals surface area contributed by atoms with E-state index in [9.17, 15) is 0 Å². The average molecular weight is 819 g/mol. The molecule has 0 spiro atoms. The van der Waals surface area contributed by atoms with E-state index in [1.807, 2.05) is 36.4 Å². The van der Waals surface area contributed by atoms with Gasteiger partial charge in [0, 0.05) is 65.6 Å². The van der Waals surface area contributed by atoms with E-state index in [1.54, 1.807) is 0 Å². The molecular formula is C57H34N6O.